The summed E-state index contributed by atoms with van der Waals surface area (Å²) in [6.07, 6.45) is 4.54. The molecule has 0 amide bonds. The first-order valence-electron chi connectivity index (χ1n) is 7.62. The fraction of sp³-hybridized carbons (Fsp3) is 0.235. The van der Waals surface area contributed by atoms with E-state index in [-0.39, 0.29) is 5.75 Å². The van der Waals surface area contributed by atoms with Gasteiger partial charge in [0.05, 0.1) is 6.21 Å². The largest absolute Gasteiger partial charge is 0.507 e. The Labute approximate surface area is 139 Å². The summed E-state index contributed by atoms with van der Waals surface area (Å²) in [4.78, 5) is 0. The number of phenolic OH excluding ortho intramolecular Hbond substituents is 1. The van der Waals surface area contributed by atoms with Gasteiger partial charge in [0.2, 0.25) is 4.77 Å². The number of nitrogens with zero attached hydrogens (tertiary/aromatic N) is 3. The fourth-order valence-electron chi connectivity index (χ4n) is 2.48. The molecule has 0 unspecified atom stereocenters. The van der Waals surface area contributed by atoms with E-state index in [1.807, 2.05) is 30.3 Å². The van der Waals surface area contributed by atoms with Crippen LogP contribution in [0.15, 0.2) is 41.5 Å². The van der Waals surface area contributed by atoms with E-state index in [1.54, 1.807) is 17.0 Å². The van der Waals surface area contributed by atoms with Crippen LogP contribution < -0.4 is 0 Å². The van der Waals surface area contributed by atoms with Crippen molar-refractivity contribution in [2.24, 2.45) is 5.10 Å². The normalized spacial score (nSPS) is 11.5. The molecule has 0 saturated heterocycles. The van der Waals surface area contributed by atoms with Crippen molar-refractivity contribution >= 4 is 29.2 Å². The molecular weight excluding hydrogens is 308 g/mol. The van der Waals surface area contributed by atoms with Crippen molar-refractivity contribution in [3.63, 3.8) is 0 Å². The van der Waals surface area contributed by atoms with E-state index in [0.717, 1.165) is 35.9 Å². The van der Waals surface area contributed by atoms with Gasteiger partial charge in [0.25, 0.3) is 0 Å². The molecule has 0 atom stereocenters. The summed E-state index contributed by atoms with van der Waals surface area (Å²) in [5, 5.41) is 23.6. The van der Waals surface area contributed by atoms with Crippen molar-refractivity contribution in [3.05, 3.63) is 52.6 Å². The van der Waals surface area contributed by atoms with E-state index in [4.69, 9.17) is 12.2 Å². The van der Waals surface area contributed by atoms with Crippen molar-refractivity contribution in [2.75, 3.05) is 0 Å². The summed E-state index contributed by atoms with van der Waals surface area (Å²) in [6, 6.07) is 11.4. The second-order valence-corrected chi connectivity index (χ2v) is 5.71. The lowest BCUT2D eigenvalue weighted by Crippen LogP contribution is -1.99. The van der Waals surface area contributed by atoms with Crippen LogP contribution in [0.2, 0.25) is 0 Å². The molecule has 6 heteroatoms. The maximum atomic E-state index is 10.2. The minimum atomic E-state index is 0.192. The fourth-order valence-corrected chi connectivity index (χ4v) is 2.67. The zero-order chi connectivity index (χ0) is 16.2. The third-order valence-corrected chi connectivity index (χ3v) is 3.99. The summed E-state index contributed by atoms with van der Waals surface area (Å²) in [6.45, 7) is 2.13. The molecule has 0 aliphatic carbocycles. The topological polar surface area (TPSA) is 66.2 Å². The summed E-state index contributed by atoms with van der Waals surface area (Å²) in [7, 11) is 0. The van der Waals surface area contributed by atoms with Gasteiger partial charge in [-0.1, -0.05) is 43.7 Å². The maximum Gasteiger partial charge on any atom is 0.216 e. The van der Waals surface area contributed by atoms with Crippen molar-refractivity contribution < 1.29 is 5.11 Å². The highest BCUT2D eigenvalue weighted by Gasteiger charge is 2.07. The molecule has 3 aromatic rings. The number of aromatic amines is 1. The minimum absolute atomic E-state index is 0.192. The Morgan fingerprint density at radius 2 is 2.13 bits per heavy atom. The Bertz CT molecular complexity index is 910. The standard InChI is InChI=1S/C17H18N4OS/c1-2-3-8-16-19-20-17(23)21(16)18-11-14-13-7-5-4-6-12(13)9-10-15(14)22/h4-7,9-11,22H,2-3,8H2,1H3,(H,20,23)/b18-11-. The zero-order valence-corrected chi connectivity index (χ0v) is 13.7. The summed E-state index contributed by atoms with van der Waals surface area (Å²) in [5.41, 5.74) is 0.674. The number of rotatable bonds is 5. The highest BCUT2D eigenvalue weighted by Crippen LogP contribution is 2.25. The molecule has 23 heavy (non-hydrogen) atoms. The van der Waals surface area contributed by atoms with Gasteiger partial charge in [-0.15, -0.1) is 0 Å². The van der Waals surface area contributed by atoms with Crippen molar-refractivity contribution in [1.82, 2.24) is 14.9 Å². The Morgan fingerprint density at radius 1 is 1.30 bits per heavy atom. The number of aromatic nitrogens is 3. The van der Waals surface area contributed by atoms with E-state index in [1.165, 1.54) is 0 Å². The van der Waals surface area contributed by atoms with Crippen LogP contribution in [0.5, 0.6) is 5.75 Å². The van der Waals surface area contributed by atoms with Crippen molar-refractivity contribution in [1.29, 1.82) is 0 Å². The van der Waals surface area contributed by atoms with Crippen LogP contribution in [0.4, 0.5) is 0 Å². The van der Waals surface area contributed by atoms with Crippen LogP contribution in [0.1, 0.15) is 31.2 Å². The monoisotopic (exact) mass is 326 g/mol. The smallest absolute Gasteiger partial charge is 0.216 e. The van der Waals surface area contributed by atoms with Crippen molar-refractivity contribution in [3.8, 4) is 5.75 Å². The number of phenols is 1. The third kappa shape index (κ3) is 3.17. The van der Waals surface area contributed by atoms with E-state index in [0.29, 0.717) is 10.3 Å². The summed E-state index contributed by atoms with van der Waals surface area (Å²) in [5.74, 6) is 0.991. The van der Waals surface area contributed by atoms with Gasteiger partial charge in [0.1, 0.15) is 5.75 Å². The minimum Gasteiger partial charge on any atom is -0.507 e. The van der Waals surface area contributed by atoms with Crippen molar-refractivity contribution in [2.45, 2.75) is 26.2 Å². The molecule has 0 aliphatic heterocycles. The second kappa shape index (κ2) is 6.75. The first kappa shape index (κ1) is 15.4. The number of hydrogen-bond donors (Lipinski definition) is 2. The van der Waals surface area contributed by atoms with Crippen LogP contribution in [0, 0.1) is 4.77 Å². The first-order valence-corrected chi connectivity index (χ1v) is 8.03. The predicted molar refractivity (Wildman–Crippen MR) is 94.6 cm³/mol. The average molecular weight is 326 g/mol. The van der Waals surface area contributed by atoms with Gasteiger partial charge in [-0.2, -0.15) is 14.9 Å². The Hall–Kier alpha value is -2.47. The van der Waals surface area contributed by atoms with Crippen LogP contribution in [0.3, 0.4) is 0 Å². The molecule has 2 aromatic carbocycles. The lowest BCUT2D eigenvalue weighted by atomic mass is 10.0. The van der Waals surface area contributed by atoms with Crippen LogP contribution in [-0.2, 0) is 6.42 Å². The zero-order valence-electron chi connectivity index (χ0n) is 12.9. The Balaban J connectivity index is 2.03. The van der Waals surface area contributed by atoms with Gasteiger partial charge in [-0.3, -0.25) is 5.10 Å². The molecule has 1 heterocycles. The molecule has 0 saturated carbocycles. The predicted octanol–water partition coefficient (Wildman–Crippen LogP) is 4.02. The number of benzene rings is 2. The molecule has 0 fully saturated rings. The number of aryl methyl sites for hydroxylation is 1. The quantitative estimate of drug-likeness (QED) is 0.549. The number of aromatic hydroxyl groups is 1. The number of hydrogen-bond acceptors (Lipinski definition) is 4. The molecule has 118 valence electrons. The van der Waals surface area contributed by atoms with E-state index < -0.39 is 0 Å². The first-order chi connectivity index (χ1) is 11.2. The van der Waals surface area contributed by atoms with Gasteiger partial charge in [0, 0.05) is 12.0 Å². The SMILES string of the molecule is CCCCc1n[nH]c(=S)n1/N=C\c1c(O)ccc2ccccc12. The number of fused-ring (bicyclic) bond motifs is 1. The van der Waals surface area contributed by atoms with Gasteiger partial charge in [0.15, 0.2) is 5.82 Å². The highest BCUT2D eigenvalue weighted by atomic mass is 32.1. The maximum absolute atomic E-state index is 10.2. The molecule has 0 bridgehead atoms. The lowest BCUT2D eigenvalue weighted by molar-refractivity contribution is 0.475. The van der Waals surface area contributed by atoms with Crippen LogP contribution in [-0.4, -0.2) is 26.2 Å². The molecule has 2 N–H and O–H groups in total. The van der Waals surface area contributed by atoms with Gasteiger partial charge >= 0.3 is 0 Å². The third-order valence-electron chi connectivity index (χ3n) is 3.72. The molecule has 0 spiro atoms. The number of unbranched alkanes of at least 4 members (excludes halogenated alkanes) is 1. The van der Waals surface area contributed by atoms with Crippen LogP contribution >= 0.6 is 12.2 Å². The Kier molecular flexibility index (Phi) is 4.52. The number of H-pyrrole nitrogens is 1. The molecule has 0 aliphatic rings. The van der Waals surface area contributed by atoms with E-state index in [2.05, 4.69) is 22.2 Å². The summed E-state index contributed by atoms with van der Waals surface area (Å²) < 4.78 is 2.07. The van der Waals surface area contributed by atoms with E-state index >= 15 is 0 Å². The molecule has 5 nitrogen and oxygen atoms in total. The molecule has 3 rings (SSSR count). The van der Waals surface area contributed by atoms with Gasteiger partial charge in [-0.05, 0) is 35.5 Å². The second-order valence-electron chi connectivity index (χ2n) is 5.32. The van der Waals surface area contributed by atoms with Crippen LogP contribution in [0.25, 0.3) is 10.8 Å². The van der Waals surface area contributed by atoms with Gasteiger partial charge < -0.3 is 5.11 Å². The van der Waals surface area contributed by atoms with Gasteiger partial charge in [-0.25, -0.2) is 0 Å². The highest BCUT2D eigenvalue weighted by molar-refractivity contribution is 7.71. The molecule has 1 aromatic heterocycles. The lowest BCUT2D eigenvalue weighted by Gasteiger charge is -2.05. The molecule has 0 radical (unpaired) electrons. The molecular formula is C17H18N4OS. The summed E-state index contributed by atoms with van der Waals surface area (Å²) >= 11 is 5.24. The Morgan fingerprint density at radius 3 is 2.96 bits per heavy atom. The average Bonchev–Trinajstić information content (AvgIpc) is 2.92. The number of nitrogens with one attached hydrogen (secondary N) is 1. The van der Waals surface area contributed by atoms with E-state index in [9.17, 15) is 5.11 Å².